The SMILES string of the molecule is CC(CCN)CN(C)c1ccc2c(c1)oc(=O)n2C. The predicted molar refractivity (Wildman–Crippen MR) is 77.6 cm³/mol. The fourth-order valence-electron chi connectivity index (χ4n) is 2.31. The third kappa shape index (κ3) is 2.81. The van der Waals surface area contributed by atoms with Gasteiger partial charge in [0.1, 0.15) is 0 Å². The molecule has 1 atom stereocenters. The summed E-state index contributed by atoms with van der Waals surface area (Å²) in [6.45, 7) is 3.83. The summed E-state index contributed by atoms with van der Waals surface area (Å²) in [5.74, 6) is 0.208. The van der Waals surface area contributed by atoms with E-state index in [1.54, 1.807) is 7.05 Å². The van der Waals surface area contributed by atoms with Crippen LogP contribution in [0.1, 0.15) is 13.3 Å². The van der Waals surface area contributed by atoms with Crippen LogP contribution < -0.4 is 16.4 Å². The molecule has 19 heavy (non-hydrogen) atoms. The molecule has 5 heteroatoms. The number of benzene rings is 1. The summed E-state index contributed by atoms with van der Waals surface area (Å²) in [5, 5.41) is 0. The molecule has 1 aromatic heterocycles. The lowest BCUT2D eigenvalue weighted by Crippen LogP contribution is -2.25. The molecule has 0 saturated heterocycles. The highest BCUT2D eigenvalue weighted by atomic mass is 16.4. The van der Waals surface area contributed by atoms with Crippen molar-refractivity contribution >= 4 is 16.8 Å². The lowest BCUT2D eigenvalue weighted by molar-refractivity contribution is 0.527. The van der Waals surface area contributed by atoms with Crippen LogP contribution in [0, 0.1) is 5.92 Å². The summed E-state index contributed by atoms with van der Waals surface area (Å²) in [7, 11) is 3.75. The van der Waals surface area contributed by atoms with E-state index in [2.05, 4.69) is 11.8 Å². The van der Waals surface area contributed by atoms with E-state index in [1.807, 2.05) is 25.2 Å². The van der Waals surface area contributed by atoms with Crippen molar-refractivity contribution in [1.29, 1.82) is 0 Å². The monoisotopic (exact) mass is 263 g/mol. The minimum absolute atomic E-state index is 0.327. The van der Waals surface area contributed by atoms with Crippen molar-refractivity contribution in [3.05, 3.63) is 28.7 Å². The van der Waals surface area contributed by atoms with Gasteiger partial charge in [-0.25, -0.2) is 4.79 Å². The van der Waals surface area contributed by atoms with Crippen molar-refractivity contribution in [2.75, 3.05) is 25.0 Å². The molecule has 0 aliphatic heterocycles. The third-order valence-electron chi connectivity index (χ3n) is 3.46. The van der Waals surface area contributed by atoms with Crippen LogP contribution >= 0.6 is 0 Å². The molecule has 0 aliphatic rings. The first-order chi connectivity index (χ1) is 9.02. The lowest BCUT2D eigenvalue weighted by Gasteiger charge is -2.23. The Balaban J connectivity index is 2.23. The van der Waals surface area contributed by atoms with Crippen molar-refractivity contribution in [3.63, 3.8) is 0 Å². The first-order valence-electron chi connectivity index (χ1n) is 6.53. The molecule has 5 nitrogen and oxygen atoms in total. The number of hydrogen-bond acceptors (Lipinski definition) is 4. The highest BCUT2D eigenvalue weighted by Crippen LogP contribution is 2.21. The molecule has 0 bridgehead atoms. The van der Waals surface area contributed by atoms with E-state index in [4.69, 9.17) is 10.2 Å². The van der Waals surface area contributed by atoms with E-state index >= 15 is 0 Å². The highest BCUT2D eigenvalue weighted by Gasteiger charge is 2.10. The second kappa shape index (κ2) is 5.48. The first-order valence-corrected chi connectivity index (χ1v) is 6.53. The summed E-state index contributed by atoms with van der Waals surface area (Å²) < 4.78 is 6.71. The van der Waals surface area contributed by atoms with Crippen LogP contribution in [0.15, 0.2) is 27.4 Å². The number of oxazole rings is 1. The van der Waals surface area contributed by atoms with E-state index in [1.165, 1.54) is 4.57 Å². The largest absolute Gasteiger partial charge is 0.419 e. The fraction of sp³-hybridized carbons (Fsp3) is 0.500. The van der Waals surface area contributed by atoms with E-state index in [-0.39, 0.29) is 5.76 Å². The summed E-state index contributed by atoms with van der Waals surface area (Å²) in [5.41, 5.74) is 8.06. The number of aromatic nitrogens is 1. The number of rotatable bonds is 5. The van der Waals surface area contributed by atoms with E-state index in [9.17, 15) is 4.79 Å². The van der Waals surface area contributed by atoms with Crippen LogP contribution in [0.5, 0.6) is 0 Å². The third-order valence-corrected chi connectivity index (χ3v) is 3.46. The number of nitrogens with two attached hydrogens (primary N) is 1. The minimum Gasteiger partial charge on any atom is -0.408 e. The average Bonchev–Trinajstić information content (AvgIpc) is 2.65. The Morgan fingerprint density at radius 1 is 1.47 bits per heavy atom. The van der Waals surface area contributed by atoms with Gasteiger partial charge in [0.05, 0.1) is 5.52 Å². The van der Waals surface area contributed by atoms with Crippen LogP contribution in [0.3, 0.4) is 0 Å². The molecule has 0 aliphatic carbocycles. The second-order valence-electron chi connectivity index (χ2n) is 5.14. The molecule has 0 fully saturated rings. The molecule has 1 aromatic carbocycles. The van der Waals surface area contributed by atoms with Crippen LogP contribution in [0.4, 0.5) is 5.69 Å². The number of aryl methyl sites for hydroxylation is 1. The summed E-state index contributed by atoms with van der Waals surface area (Å²) >= 11 is 0. The lowest BCUT2D eigenvalue weighted by atomic mass is 10.1. The van der Waals surface area contributed by atoms with Crippen LogP contribution in [0.2, 0.25) is 0 Å². The van der Waals surface area contributed by atoms with Gasteiger partial charge in [-0.05, 0) is 31.0 Å². The first kappa shape index (κ1) is 13.7. The van der Waals surface area contributed by atoms with Crippen molar-refractivity contribution < 1.29 is 4.42 Å². The molecule has 2 rings (SSSR count). The molecule has 0 saturated carbocycles. The Labute approximate surface area is 112 Å². The van der Waals surface area contributed by atoms with E-state index < -0.39 is 0 Å². The Morgan fingerprint density at radius 3 is 2.89 bits per heavy atom. The van der Waals surface area contributed by atoms with Crippen LogP contribution in [0.25, 0.3) is 11.1 Å². The molecule has 104 valence electrons. The smallest absolute Gasteiger partial charge is 0.408 e. The molecular weight excluding hydrogens is 242 g/mol. The minimum atomic E-state index is -0.327. The van der Waals surface area contributed by atoms with Gasteiger partial charge in [0.15, 0.2) is 5.58 Å². The molecular formula is C14H21N3O2. The summed E-state index contributed by atoms with van der Waals surface area (Å²) in [6.07, 6.45) is 1.01. The van der Waals surface area contributed by atoms with Gasteiger partial charge in [-0.3, -0.25) is 4.57 Å². The van der Waals surface area contributed by atoms with Gasteiger partial charge in [0.2, 0.25) is 0 Å². The van der Waals surface area contributed by atoms with Crippen LogP contribution in [-0.2, 0) is 7.05 Å². The topological polar surface area (TPSA) is 64.4 Å². The second-order valence-corrected chi connectivity index (χ2v) is 5.14. The Morgan fingerprint density at radius 2 is 2.21 bits per heavy atom. The number of anilines is 1. The van der Waals surface area contributed by atoms with Gasteiger partial charge in [0, 0.05) is 32.4 Å². The van der Waals surface area contributed by atoms with Gasteiger partial charge >= 0.3 is 5.76 Å². The van der Waals surface area contributed by atoms with Gasteiger partial charge in [-0.1, -0.05) is 6.92 Å². The summed E-state index contributed by atoms with van der Waals surface area (Å²) in [6, 6.07) is 5.83. The van der Waals surface area contributed by atoms with Crippen molar-refractivity contribution in [2.24, 2.45) is 18.7 Å². The summed E-state index contributed by atoms with van der Waals surface area (Å²) in [4.78, 5) is 13.6. The zero-order chi connectivity index (χ0) is 14.0. The average molecular weight is 263 g/mol. The molecule has 0 amide bonds. The Bertz CT molecular complexity index is 615. The maximum Gasteiger partial charge on any atom is 0.419 e. The normalized spacial score (nSPS) is 12.8. The zero-order valence-corrected chi connectivity index (χ0v) is 11.7. The number of hydrogen-bond donors (Lipinski definition) is 1. The molecule has 0 spiro atoms. The standard InChI is InChI=1S/C14H21N3O2/c1-10(6-7-15)9-16(2)11-4-5-12-13(8-11)19-14(18)17(12)3/h4-5,8,10H,6-7,9,15H2,1-3H3. The zero-order valence-electron chi connectivity index (χ0n) is 11.7. The van der Waals surface area contributed by atoms with Gasteiger partial charge in [-0.15, -0.1) is 0 Å². The molecule has 1 heterocycles. The van der Waals surface area contributed by atoms with Gasteiger partial charge in [0.25, 0.3) is 0 Å². The maximum atomic E-state index is 11.5. The number of fused-ring (bicyclic) bond motifs is 1. The molecule has 1 unspecified atom stereocenters. The van der Waals surface area contributed by atoms with Crippen LogP contribution in [-0.4, -0.2) is 24.7 Å². The Hall–Kier alpha value is -1.75. The highest BCUT2D eigenvalue weighted by molar-refractivity contribution is 5.77. The predicted octanol–water partition coefficient (Wildman–Crippen LogP) is 1.55. The molecule has 2 aromatic rings. The quantitative estimate of drug-likeness (QED) is 0.889. The number of nitrogens with zero attached hydrogens (tertiary/aromatic N) is 2. The van der Waals surface area contributed by atoms with Crippen molar-refractivity contribution in [3.8, 4) is 0 Å². The Kier molecular flexibility index (Phi) is 3.95. The molecule has 2 N–H and O–H groups in total. The van der Waals surface area contributed by atoms with Gasteiger partial charge in [-0.2, -0.15) is 0 Å². The van der Waals surface area contributed by atoms with Gasteiger partial charge < -0.3 is 15.1 Å². The fourth-order valence-corrected chi connectivity index (χ4v) is 2.31. The van der Waals surface area contributed by atoms with E-state index in [0.29, 0.717) is 18.0 Å². The maximum absolute atomic E-state index is 11.5. The molecule has 0 radical (unpaired) electrons. The van der Waals surface area contributed by atoms with E-state index in [0.717, 1.165) is 24.2 Å². The van der Waals surface area contributed by atoms with Crippen molar-refractivity contribution in [1.82, 2.24) is 4.57 Å². The van der Waals surface area contributed by atoms with Crippen molar-refractivity contribution in [2.45, 2.75) is 13.3 Å².